The van der Waals surface area contributed by atoms with E-state index in [-0.39, 0.29) is 18.9 Å². The van der Waals surface area contributed by atoms with Gasteiger partial charge in [-0.1, -0.05) is 231 Å². The monoisotopic (exact) mass is 762 g/mol. The van der Waals surface area contributed by atoms with Crippen molar-refractivity contribution < 1.29 is 20.1 Å². The van der Waals surface area contributed by atoms with Crippen LogP contribution in [0.3, 0.4) is 0 Å². The Bertz CT molecular complexity index is 799. The normalized spacial score (nSPS) is 13.6. The minimum Gasteiger partial charge on any atom is -0.394 e. The molecule has 0 heterocycles. The highest BCUT2D eigenvalue weighted by Gasteiger charge is 2.20. The zero-order valence-corrected chi connectivity index (χ0v) is 36.4. The van der Waals surface area contributed by atoms with Crippen molar-refractivity contribution in [3.63, 3.8) is 0 Å². The van der Waals surface area contributed by atoms with Gasteiger partial charge in [0.15, 0.2) is 0 Å². The quantitative estimate of drug-likeness (QED) is 0.0368. The number of carbonyl (C=O) groups is 1. The molecule has 5 nitrogen and oxygen atoms in total. The Labute approximate surface area is 337 Å². The molecule has 320 valence electrons. The molecular weight excluding hydrogens is 667 g/mol. The topological polar surface area (TPSA) is 89.8 Å². The molecule has 0 saturated heterocycles. The van der Waals surface area contributed by atoms with Gasteiger partial charge in [-0.25, -0.2) is 0 Å². The van der Waals surface area contributed by atoms with Gasteiger partial charge in [0.1, 0.15) is 0 Å². The van der Waals surface area contributed by atoms with E-state index in [9.17, 15) is 20.1 Å². The summed E-state index contributed by atoms with van der Waals surface area (Å²) < 4.78 is 0. The average Bonchev–Trinajstić information content (AvgIpc) is 3.16. The van der Waals surface area contributed by atoms with Gasteiger partial charge in [-0.15, -0.1) is 0 Å². The minimum absolute atomic E-state index is 0.0100. The third kappa shape index (κ3) is 40.5. The van der Waals surface area contributed by atoms with Gasteiger partial charge in [-0.05, 0) is 44.9 Å². The predicted molar refractivity (Wildman–Crippen MR) is 236 cm³/mol. The van der Waals surface area contributed by atoms with Crippen molar-refractivity contribution in [1.29, 1.82) is 0 Å². The van der Waals surface area contributed by atoms with E-state index in [2.05, 4.69) is 31.3 Å². The maximum atomic E-state index is 12.5. The fourth-order valence-electron chi connectivity index (χ4n) is 7.51. The van der Waals surface area contributed by atoms with Crippen molar-refractivity contribution >= 4 is 5.91 Å². The van der Waals surface area contributed by atoms with Crippen molar-refractivity contribution in [3.8, 4) is 0 Å². The molecule has 0 fully saturated rings. The van der Waals surface area contributed by atoms with Crippen LogP contribution in [0, 0.1) is 0 Å². The smallest absolute Gasteiger partial charge is 0.222 e. The van der Waals surface area contributed by atoms with E-state index in [1.165, 1.54) is 193 Å². The van der Waals surface area contributed by atoms with E-state index in [1.54, 1.807) is 6.08 Å². The summed E-state index contributed by atoms with van der Waals surface area (Å²) in [6.07, 6.45) is 54.7. The molecule has 0 radical (unpaired) electrons. The van der Waals surface area contributed by atoms with Gasteiger partial charge in [-0.3, -0.25) is 4.79 Å². The number of aliphatic hydroxyl groups excluding tert-OH is 3. The number of nitrogens with one attached hydrogen (secondary N) is 1. The van der Waals surface area contributed by atoms with Crippen molar-refractivity contribution in [2.45, 2.75) is 276 Å². The van der Waals surface area contributed by atoms with Gasteiger partial charge in [0.25, 0.3) is 0 Å². The molecule has 3 atom stereocenters. The molecule has 0 saturated carbocycles. The first-order valence-corrected chi connectivity index (χ1v) is 24.1. The molecule has 1 amide bonds. The first kappa shape index (κ1) is 52.8. The summed E-state index contributed by atoms with van der Waals surface area (Å²) in [7, 11) is 0. The lowest BCUT2D eigenvalue weighted by atomic mass is 10.0. The Kier molecular flexibility index (Phi) is 43.6. The number of amides is 1. The van der Waals surface area contributed by atoms with Crippen LogP contribution in [0.5, 0.6) is 0 Å². The summed E-state index contributed by atoms with van der Waals surface area (Å²) >= 11 is 0. The second kappa shape index (κ2) is 44.5. The summed E-state index contributed by atoms with van der Waals surface area (Å²) in [5, 5.41) is 33.3. The van der Waals surface area contributed by atoms with Crippen LogP contribution in [0.15, 0.2) is 24.3 Å². The van der Waals surface area contributed by atoms with E-state index in [0.29, 0.717) is 6.42 Å². The highest BCUT2D eigenvalue weighted by atomic mass is 16.3. The van der Waals surface area contributed by atoms with Crippen LogP contribution >= 0.6 is 0 Å². The summed E-state index contributed by atoms with van der Waals surface area (Å²) in [6, 6.07) is -0.745. The van der Waals surface area contributed by atoms with Crippen molar-refractivity contribution in [2.24, 2.45) is 0 Å². The van der Waals surface area contributed by atoms with Crippen LogP contribution in [0.1, 0.15) is 258 Å². The van der Waals surface area contributed by atoms with Crippen LogP contribution in [-0.4, -0.2) is 46.1 Å². The molecule has 0 rings (SSSR count). The first-order chi connectivity index (χ1) is 26.5. The van der Waals surface area contributed by atoms with E-state index in [4.69, 9.17) is 0 Å². The molecule has 4 N–H and O–H groups in total. The Morgan fingerprint density at radius 2 is 0.778 bits per heavy atom. The van der Waals surface area contributed by atoms with E-state index in [1.807, 2.05) is 6.08 Å². The summed E-state index contributed by atoms with van der Waals surface area (Å²) in [6.45, 7) is 4.23. The fourth-order valence-corrected chi connectivity index (χ4v) is 7.51. The van der Waals surface area contributed by atoms with E-state index in [0.717, 1.165) is 38.5 Å². The Morgan fingerprint density at radius 3 is 1.13 bits per heavy atom. The molecular formula is C49H95NO4. The molecule has 0 aliphatic carbocycles. The lowest BCUT2D eigenvalue weighted by Gasteiger charge is -2.21. The van der Waals surface area contributed by atoms with Gasteiger partial charge in [-0.2, -0.15) is 0 Å². The molecule has 0 bridgehead atoms. The van der Waals surface area contributed by atoms with Crippen molar-refractivity contribution in [1.82, 2.24) is 5.32 Å². The molecule has 0 aliphatic rings. The van der Waals surface area contributed by atoms with Crippen molar-refractivity contribution in [2.75, 3.05) is 6.61 Å². The van der Waals surface area contributed by atoms with Crippen LogP contribution < -0.4 is 5.32 Å². The number of rotatable bonds is 44. The lowest BCUT2D eigenvalue weighted by Crippen LogP contribution is -2.45. The number of allylic oxidation sites excluding steroid dienone is 3. The van der Waals surface area contributed by atoms with Crippen LogP contribution in [0.25, 0.3) is 0 Å². The summed E-state index contributed by atoms with van der Waals surface area (Å²) in [5.41, 5.74) is 0. The maximum Gasteiger partial charge on any atom is 0.222 e. The molecule has 0 spiro atoms. The zero-order chi connectivity index (χ0) is 39.4. The van der Waals surface area contributed by atoms with Gasteiger partial charge in [0.2, 0.25) is 5.91 Å². The molecule has 3 unspecified atom stereocenters. The molecule has 0 aliphatic heterocycles. The van der Waals surface area contributed by atoms with Crippen molar-refractivity contribution in [3.05, 3.63) is 24.3 Å². The highest BCUT2D eigenvalue weighted by molar-refractivity contribution is 5.76. The molecule has 54 heavy (non-hydrogen) atoms. The van der Waals surface area contributed by atoms with Gasteiger partial charge < -0.3 is 20.6 Å². The first-order valence-electron chi connectivity index (χ1n) is 24.1. The summed E-state index contributed by atoms with van der Waals surface area (Å²) in [5.74, 6) is -0.318. The molecule has 0 aromatic carbocycles. The zero-order valence-electron chi connectivity index (χ0n) is 36.4. The Hall–Kier alpha value is -1.17. The maximum absolute atomic E-state index is 12.5. The third-order valence-electron chi connectivity index (χ3n) is 11.2. The Balaban J connectivity index is 3.63. The third-order valence-corrected chi connectivity index (χ3v) is 11.2. The average molecular weight is 762 g/mol. The van der Waals surface area contributed by atoms with Crippen LogP contribution in [0.2, 0.25) is 0 Å². The van der Waals surface area contributed by atoms with Crippen LogP contribution in [0.4, 0.5) is 0 Å². The largest absolute Gasteiger partial charge is 0.394 e. The number of hydrogen-bond donors (Lipinski definition) is 4. The van der Waals surface area contributed by atoms with Gasteiger partial charge >= 0.3 is 0 Å². The number of aliphatic hydroxyl groups is 3. The predicted octanol–water partition coefficient (Wildman–Crippen LogP) is 14.2. The molecule has 5 heteroatoms. The summed E-state index contributed by atoms with van der Waals surface area (Å²) in [4.78, 5) is 12.5. The van der Waals surface area contributed by atoms with E-state index >= 15 is 0 Å². The SMILES string of the molecule is CCCCCCCCCCCCCC/C=C\CCCCCCCC(O)CC(=O)NC(CO)C(O)/C=C/CCCCCCCCCCCCCCCCCC. The standard InChI is InChI=1S/C49H95NO4/c1-3-5-7-9-11-13-15-17-19-21-23-24-25-26-28-30-32-34-36-38-40-42-46(52)44-49(54)50-47(45-51)48(53)43-41-39-37-35-33-31-29-27-22-20-18-16-14-12-10-8-6-4-2/h26,28,41,43,46-48,51-53H,3-25,27,29-40,42,44-45H2,1-2H3,(H,50,54)/b28-26-,43-41+. The Morgan fingerprint density at radius 1 is 0.463 bits per heavy atom. The van der Waals surface area contributed by atoms with E-state index < -0.39 is 18.2 Å². The van der Waals surface area contributed by atoms with Gasteiger partial charge in [0.05, 0.1) is 31.3 Å². The number of carbonyl (C=O) groups excluding carboxylic acids is 1. The van der Waals surface area contributed by atoms with Crippen LogP contribution in [-0.2, 0) is 4.79 Å². The van der Waals surface area contributed by atoms with Gasteiger partial charge in [0, 0.05) is 0 Å². The minimum atomic E-state index is -0.929. The second-order valence-electron chi connectivity index (χ2n) is 16.7. The fraction of sp³-hybridized carbons (Fsp3) is 0.898. The highest BCUT2D eigenvalue weighted by Crippen LogP contribution is 2.16. The number of hydrogen-bond acceptors (Lipinski definition) is 4. The number of unbranched alkanes of at least 4 members (excludes halogenated alkanes) is 33. The molecule has 0 aromatic rings. The lowest BCUT2D eigenvalue weighted by molar-refractivity contribution is -0.124. The second-order valence-corrected chi connectivity index (χ2v) is 16.7. The molecule has 0 aromatic heterocycles.